The fourth-order valence-electron chi connectivity index (χ4n) is 1.95. The van der Waals surface area contributed by atoms with Crippen LogP contribution in [-0.2, 0) is 10.0 Å². The number of halogens is 1. The van der Waals surface area contributed by atoms with Gasteiger partial charge in [-0.3, -0.25) is 4.72 Å². The third-order valence-electron chi connectivity index (χ3n) is 3.22. The average Bonchev–Trinajstić information content (AvgIpc) is 2.50. The van der Waals surface area contributed by atoms with Gasteiger partial charge in [-0.1, -0.05) is 39.7 Å². The first-order chi connectivity index (χ1) is 10.8. The maximum atomic E-state index is 12.4. The van der Waals surface area contributed by atoms with Gasteiger partial charge < -0.3 is 0 Å². The Morgan fingerprint density at radius 1 is 1.17 bits per heavy atom. The molecule has 1 N–H and O–H groups in total. The van der Waals surface area contributed by atoms with Crippen LogP contribution in [0.4, 0.5) is 5.69 Å². The molecule has 4 nitrogen and oxygen atoms in total. The second kappa shape index (κ2) is 6.99. The third kappa shape index (κ3) is 4.44. The normalized spacial score (nSPS) is 11.8. The van der Waals surface area contributed by atoms with Gasteiger partial charge in [0, 0.05) is 10.2 Å². The molecule has 2 aromatic rings. The zero-order chi connectivity index (χ0) is 17.0. The third-order valence-corrected chi connectivity index (χ3v) is 5.04. The zero-order valence-electron chi connectivity index (χ0n) is 12.7. The number of nitrogens with one attached hydrogen (secondary N) is 1. The highest BCUT2D eigenvalue weighted by Crippen LogP contribution is 2.20. The Bertz CT molecular complexity index is 895. The molecule has 2 aromatic carbocycles. The van der Waals surface area contributed by atoms with Crippen molar-refractivity contribution < 1.29 is 8.42 Å². The number of benzene rings is 2. The molecule has 0 aliphatic carbocycles. The highest BCUT2D eigenvalue weighted by molar-refractivity contribution is 9.10. The van der Waals surface area contributed by atoms with E-state index < -0.39 is 10.0 Å². The Morgan fingerprint density at radius 2 is 1.83 bits per heavy atom. The molecule has 2 rings (SSSR count). The number of allylic oxidation sites excluding steroid dienone is 1. The Balaban J connectivity index is 2.39. The quantitative estimate of drug-likeness (QED) is 0.787. The summed E-state index contributed by atoms with van der Waals surface area (Å²) in [6.07, 6.45) is 1.39. The number of nitrogens with zero attached hydrogens (tertiary/aromatic N) is 1. The van der Waals surface area contributed by atoms with Crippen molar-refractivity contribution in [3.8, 4) is 6.07 Å². The molecule has 0 aromatic heterocycles. The van der Waals surface area contributed by atoms with E-state index in [9.17, 15) is 13.7 Å². The summed E-state index contributed by atoms with van der Waals surface area (Å²) in [6, 6.07) is 14.1. The van der Waals surface area contributed by atoms with Gasteiger partial charge in [0.25, 0.3) is 10.0 Å². The van der Waals surface area contributed by atoms with Crippen molar-refractivity contribution in [1.29, 1.82) is 5.26 Å². The standard InChI is InChI=1S/C17H15BrN2O2S/c1-12-3-4-13(2)14(9-12)10-17(11-19)23(21,22)20-16-7-5-15(18)6-8-16/h3-10,20H,1-2H3/b17-10-. The molecule has 0 atom stereocenters. The lowest BCUT2D eigenvalue weighted by Crippen LogP contribution is -2.14. The first-order valence-electron chi connectivity index (χ1n) is 6.79. The van der Waals surface area contributed by atoms with Gasteiger partial charge in [0.1, 0.15) is 6.07 Å². The number of hydrogen-bond acceptors (Lipinski definition) is 3. The van der Waals surface area contributed by atoms with E-state index in [2.05, 4.69) is 20.7 Å². The van der Waals surface area contributed by atoms with E-state index in [4.69, 9.17) is 0 Å². The Kier molecular flexibility index (Phi) is 5.24. The minimum absolute atomic E-state index is 0.325. The van der Waals surface area contributed by atoms with Crippen LogP contribution in [0.25, 0.3) is 6.08 Å². The van der Waals surface area contributed by atoms with Crippen molar-refractivity contribution in [2.75, 3.05) is 4.72 Å². The number of anilines is 1. The Morgan fingerprint density at radius 3 is 2.43 bits per heavy atom. The number of rotatable bonds is 4. The van der Waals surface area contributed by atoms with Gasteiger partial charge in [-0.05, 0) is 55.3 Å². The highest BCUT2D eigenvalue weighted by atomic mass is 79.9. The number of aryl methyl sites for hydroxylation is 2. The van der Waals surface area contributed by atoms with Crippen LogP contribution in [0.15, 0.2) is 51.8 Å². The van der Waals surface area contributed by atoms with Crippen LogP contribution in [0.2, 0.25) is 0 Å². The van der Waals surface area contributed by atoms with E-state index in [0.717, 1.165) is 15.6 Å². The van der Waals surface area contributed by atoms with Gasteiger partial charge in [-0.2, -0.15) is 5.26 Å². The van der Waals surface area contributed by atoms with Gasteiger partial charge in [0.15, 0.2) is 4.91 Å². The number of nitriles is 1. The van der Waals surface area contributed by atoms with E-state index in [0.29, 0.717) is 11.3 Å². The molecule has 0 bridgehead atoms. The molecule has 0 fully saturated rings. The highest BCUT2D eigenvalue weighted by Gasteiger charge is 2.18. The number of hydrogen-bond donors (Lipinski definition) is 1. The van der Waals surface area contributed by atoms with Gasteiger partial charge in [-0.25, -0.2) is 8.42 Å². The monoisotopic (exact) mass is 390 g/mol. The molecule has 23 heavy (non-hydrogen) atoms. The van der Waals surface area contributed by atoms with Crippen molar-refractivity contribution in [3.05, 3.63) is 68.5 Å². The number of sulfonamides is 1. The van der Waals surface area contributed by atoms with E-state index in [1.165, 1.54) is 6.08 Å². The molecule has 0 unspecified atom stereocenters. The van der Waals surface area contributed by atoms with Crippen molar-refractivity contribution in [2.24, 2.45) is 0 Å². The molecule has 118 valence electrons. The summed E-state index contributed by atoms with van der Waals surface area (Å²) in [4.78, 5) is -0.325. The van der Waals surface area contributed by atoms with Gasteiger partial charge in [0.2, 0.25) is 0 Å². The first-order valence-corrected chi connectivity index (χ1v) is 9.07. The van der Waals surface area contributed by atoms with Crippen LogP contribution in [0, 0.1) is 25.2 Å². The first kappa shape index (κ1) is 17.3. The van der Waals surface area contributed by atoms with Crippen molar-refractivity contribution in [1.82, 2.24) is 0 Å². The largest absolute Gasteiger partial charge is 0.279 e. The van der Waals surface area contributed by atoms with Crippen molar-refractivity contribution in [2.45, 2.75) is 13.8 Å². The lowest BCUT2D eigenvalue weighted by molar-refractivity contribution is 0.608. The summed E-state index contributed by atoms with van der Waals surface area (Å²) >= 11 is 3.29. The summed E-state index contributed by atoms with van der Waals surface area (Å²) in [5, 5.41) is 9.26. The van der Waals surface area contributed by atoms with Gasteiger partial charge >= 0.3 is 0 Å². The Labute approximate surface area is 144 Å². The van der Waals surface area contributed by atoms with Crippen LogP contribution in [-0.4, -0.2) is 8.42 Å². The maximum absolute atomic E-state index is 12.4. The van der Waals surface area contributed by atoms with Crippen LogP contribution < -0.4 is 4.72 Å². The fraction of sp³-hybridized carbons (Fsp3) is 0.118. The molecule has 6 heteroatoms. The molecule has 0 aliphatic rings. The molecular formula is C17H15BrN2O2S. The van der Waals surface area contributed by atoms with E-state index in [1.807, 2.05) is 32.0 Å². The average molecular weight is 391 g/mol. The molecule has 0 spiro atoms. The SMILES string of the molecule is Cc1ccc(C)c(/C=C(/C#N)S(=O)(=O)Nc2ccc(Br)cc2)c1. The summed E-state index contributed by atoms with van der Waals surface area (Å²) < 4.78 is 28.1. The molecule has 0 amide bonds. The second-order valence-corrected chi connectivity index (χ2v) is 7.66. The fourth-order valence-corrected chi connectivity index (χ4v) is 3.18. The van der Waals surface area contributed by atoms with E-state index >= 15 is 0 Å². The molecule has 0 radical (unpaired) electrons. The summed E-state index contributed by atoms with van der Waals surface area (Å²) in [7, 11) is -3.93. The lowest BCUT2D eigenvalue weighted by atomic mass is 10.1. The van der Waals surface area contributed by atoms with Gasteiger partial charge in [-0.15, -0.1) is 0 Å². The maximum Gasteiger partial charge on any atom is 0.272 e. The molecule has 0 heterocycles. The summed E-state index contributed by atoms with van der Waals surface area (Å²) in [6.45, 7) is 3.78. The van der Waals surface area contributed by atoms with Crippen LogP contribution in [0.5, 0.6) is 0 Å². The summed E-state index contributed by atoms with van der Waals surface area (Å²) in [5.74, 6) is 0. The predicted molar refractivity (Wildman–Crippen MR) is 96.2 cm³/mol. The van der Waals surface area contributed by atoms with Crippen molar-refractivity contribution in [3.63, 3.8) is 0 Å². The predicted octanol–water partition coefficient (Wildman–Crippen LogP) is 4.37. The molecule has 0 saturated carbocycles. The second-order valence-electron chi connectivity index (χ2n) is 5.09. The Hall–Kier alpha value is -2.10. The zero-order valence-corrected chi connectivity index (χ0v) is 15.1. The van der Waals surface area contributed by atoms with Crippen LogP contribution in [0.1, 0.15) is 16.7 Å². The lowest BCUT2D eigenvalue weighted by Gasteiger charge is -2.08. The topological polar surface area (TPSA) is 70.0 Å². The molecule has 0 saturated heterocycles. The van der Waals surface area contributed by atoms with Gasteiger partial charge in [0.05, 0.1) is 0 Å². The minimum atomic E-state index is -3.93. The molecular weight excluding hydrogens is 376 g/mol. The van der Waals surface area contributed by atoms with E-state index in [1.54, 1.807) is 30.3 Å². The van der Waals surface area contributed by atoms with Crippen LogP contribution >= 0.6 is 15.9 Å². The minimum Gasteiger partial charge on any atom is -0.279 e. The smallest absolute Gasteiger partial charge is 0.272 e. The van der Waals surface area contributed by atoms with Crippen LogP contribution in [0.3, 0.4) is 0 Å². The summed E-state index contributed by atoms with van der Waals surface area (Å²) in [5.41, 5.74) is 3.01. The molecule has 0 aliphatic heterocycles. The van der Waals surface area contributed by atoms with Crippen molar-refractivity contribution >= 4 is 37.7 Å². The van der Waals surface area contributed by atoms with E-state index in [-0.39, 0.29) is 4.91 Å².